The molecule has 1 aliphatic carbocycles. The monoisotopic (exact) mass is 755 g/mol. The normalized spacial score (nSPS) is 24.1. The average molecular weight is 756 g/mol. The average Bonchev–Trinajstić information content (AvgIpc) is 3.97. The molecule has 0 radical (unpaired) electrons. The lowest BCUT2D eigenvalue weighted by Crippen LogP contribution is -2.53. The number of rotatable bonds is 14. The standard InChI is InChI=1S/C38H53N5O7S2/c1-25(2)23-42(32(20-26-8-4-3-5-9-26)33(44)22-40-38(45)50-34-24-49-36-30(34)16-19-48-36)52(46,47)29-12-13-31-35(21-29)51-37(41-31)43(27-10-6-7-11-27)28-14-17-39-18-15-28/h3-5,8-9,12-13,21,25,27-28,30,32-34,36,39,44H,6-7,10-11,14-20,22-24H2,1-2H3,(H,40,45). The van der Waals surface area contributed by atoms with Crippen molar-refractivity contribution in [3.05, 3.63) is 54.1 Å². The Morgan fingerprint density at radius 1 is 1.06 bits per heavy atom. The summed E-state index contributed by atoms with van der Waals surface area (Å²) in [4.78, 5) is 20.7. The highest BCUT2D eigenvalue weighted by Crippen LogP contribution is 2.38. The zero-order chi connectivity index (χ0) is 36.2. The van der Waals surface area contributed by atoms with Gasteiger partial charge in [0.2, 0.25) is 10.0 Å². The van der Waals surface area contributed by atoms with Crippen LogP contribution in [-0.4, -0.2) is 105 Å². The molecule has 3 N–H and O–H groups in total. The van der Waals surface area contributed by atoms with Crippen molar-refractivity contribution >= 4 is 42.8 Å². The molecule has 3 aliphatic heterocycles. The maximum atomic E-state index is 14.8. The molecule has 4 aliphatic rings. The van der Waals surface area contributed by atoms with Gasteiger partial charge in [-0.25, -0.2) is 18.2 Å². The van der Waals surface area contributed by atoms with Gasteiger partial charge in [0.15, 0.2) is 11.4 Å². The fourth-order valence-corrected chi connectivity index (χ4v) is 11.4. The number of nitrogens with one attached hydrogen (secondary N) is 2. The summed E-state index contributed by atoms with van der Waals surface area (Å²) in [5.41, 5.74) is 1.67. The van der Waals surface area contributed by atoms with Gasteiger partial charge in [0.1, 0.15) is 6.10 Å². The Bertz CT molecular complexity index is 1750. The summed E-state index contributed by atoms with van der Waals surface area (Å²) in [6, 6.07) is 14.8. The number of ether oxygens (including phenoxy) is 3. The van der Waals surface area contributed by atoms with Gasteiger partial charge in [-0.3, -0.25) is 0 Å². The van der Waals surface area contributed by atoms with Crippen molar-refractivity contribution in [1.29, 1.82) is 0 Å². The summed E-state index contributed by atoms with van der Waals surface area (Å²) in [6.07, 6.45) is 5.20. The second-order valence-corrected chi connectivity index (χ2v) is 18.0. The van der Waals surface area contributed by atoms with Gasteiger partial charge in [-0.15, -0.1) is 0 Å². The first kappa shape index (κ1) is 37.5. The third kappa shape index (κ3) is 8.43. The summed E-state index contributed by atoms with van der Waals surface area (Å²) in [5.74, 6) is -0.0544. The van der Waals surface area contributed by atoms with E-state index in [-0.39, 0.29) is 49.1 Å². The topological polar surface area (TPSA) is 143 Å². The van der Waals surface area contributed by atoms with E-state index in [0.717, 1.165) is 66.1 Å². The van der Waals surface area contributed by atoms with Crippen LogP contribution in [0.3, 0.4) is 0 Å². The Hall–Kier alpha value is -2.85. The van der Waals surface area contributed by atoms with Gasteiger partial charge in [-0.2, -0.15) is 4.31 Å². The molecule has 3 aromatic rings. The summed E-state index contributed by atoms with van der Waals surface area (Å²) in [7, 11) is -4.11. The Balaban J connectivity index is 1.14. The van der Waals surface area contributed by atoms with Crippen molar-refractivity contribution < 1.29 is 32.5 Å². The number of thiazole rings is 1. The van der Waals surface area contributed by atoms with E-state index in [1.165, 1.54) is 17.1 Å². The van der Waals surface area contributed by atoms with Gasteiger partial charge in [0.25, 0.3) is 0 Å². The van der Waals surface area contributed by atoms with Gasteiger partial charge >= 0.3 is 6.09 Å². The molecule has 14 heteroatoms. The molecule has 284 valence electrons. The third-order valence-corrected chi connectivity index (χ3v) is 13.9. The fourth-order valence-electron chi connectivity index (χ4n) is 8.28. The number of benzene rings is 2. The summed E-state index contributed by atoms with van der Waals surface area (Å²) < 4.78 is 48.6. The predicted molar refractivity (Wildman–Crippen MR) is 201 cm³/mol. The highest BCUT2D eigenvalue weighted by molar-refractivity contribution is 7.89. The number of aromatic nitrogens is 1. The lowest BCUT2D eigenvalue weighted by Gasteiger charge is -2.38. The molecule has 1 saturated carbocycles. The van der Waals surface area contributed by atoms with Gasteiger partial charge in [0.05, 0.1) is 46.4 Å². The maximum absolute atomic E-state index is 14.8. The number of aliphatic hydroxyl groups is 1. The van der Waals surface area contributed by atoms with E-state index in [1.54, 1.807) is 23.5 Å². The van der Waals surface area contributed by atoms with E-state index in [0.29, 0.717) is 18.7 Å². The van der Waals surface area contributed by atoms with E-state index in [1.807, 2.05) is 50.2 Å². The van der Waals surface area contributed by atoms with Crippen LogP contribution in [0.4, 0.5) is 9.93 Å². The molecule has 5 atom stereocenters. The maximum Gasteiger partial charge on any atom is 0.407 e. The minimum Gasteiger partial charge on any atom is -0.443 e. The first-order valence-corrected chi connectivity index (χ1v) is 21.2. The predicted octanol–water partition coefficient (Wildman–Crippen LogP) is 4.90. The first-order chi connectivity index (χ1) is 25.2. The summed E-state index contributed by atoms with van der Waals surface area (Å²) >= 11 is 1.57. The second kappa shape index (κ2) is 16.7. The minimum absolute atomic E-state index is 0.0181. The Morgan fingerprint density at radius 3 is 2.56 bits per heavy atom. The molecule has 2 aromatic carbocycles. The van der Waals surface area contributed by atoms with Gasteiger partial charge in [0, 0.05) is 25.2 Å². The third-order valence-electron chi connectivity index (χ3n) is 10.9. The lowest BCUT2D eigenvalue weighted by molar-refractivity contribution is -0.0907. The smallest absolute Gasteiger partial charge is 0.407 e. The molecule has 4 fully saturated rings. The molecule has 7 rings (SSSR count). The van der Waals surface area contributed by atoms with E-state index in [2.05, 4.69) is 15.5 Å². The number of alkyl carbamates (subject to hydrolysis) is 1. The molecule has 0 bridgehead atoms. The van der Waals surface area contributed by atoms with Crippen LogP contribution in [0.1, 0.15) is 64.4 Å². The Labute approximate surface area is 311 Å². The number of carbonyl (C=O) groups is 1. The van der Waals surface area contributed by atoms with Crippen LogP contribution in [0, 0.1) is 11.8 Å². The van der Waals surface area contributed by atoms with Crippen molar-refractivity contribution in [3.8, 4) is 0 Å². The van der Waals surface area contributed by atoms with Crippen LogP contribution < -0.4 is 15.5 Å². The molecule has 5 unspecified atom stereocenters. The lowest BCUT2D eigenvalue weighted by atomic mass is 10.0. The second-order valence-electron chi connectivity index (χ2n) is 15.1. The quantitative estimate of drug-likeness (QED) is 0.208. The molecule has 0 spiro atoms. The number of anilines is 1. The molecule has 3 saturated heterocycles. The van der Waals surface area contributed by atoms with Gasteiger partial charge in [-0.05, 0) is 81.3 Å². The van der Waals surface area contributed by atoms with Gasteiger partial charge < -0.3 is 34.9 Å². The van der Waals surface area contributed by atoms with E-state index in [9.17, 15) is 18.3 Å². The van der Waals surface area contributed by atoms with Crippen molar-refractivity contribution in [3.63, 3.8) is 0 Å². The fraction of sp³-hybridized carbons (Fsp3) is 0.632. The van der Waals surface area contributed by atoms with Crippen LogP contribution in [0.25, 0.3) is 10.2 Å². The van der Waals surface area contributed by atoms with Crippen molar-refractivity contribution in [2.45, 2.75) is 107 Å². The SMILES string of the molecule is CC(C)CN(C(Cc1ccccc1)C(O)CNC(=O)OC1COC2OCCC12)S(=O)(=O)c1ccc2nc(N(C3CCCC3)C3CCNCC3)sc2c1. The molecule has 52 heavy (non-hydrogen) atoms. The van der Waals surface area contributed by atoms with Crippen LogP contribution in [0.15, 0.2) is 53.4 Å². The van der Waals surface area contributed by atoms with Crippen molar-refractivity contribution in [2.24, 2.45) is 11.8 Å². The van der Waals surface area contributed by atoms with Gasteiger partial charge in [-0.1, -0.05) is 68.4 Å². The number of hydrogen-bond donors (Lipinski definition) is 3. The summed E-state index contributed by atoms with van der Waals surface area (Å²) in [6.45, 7) is 6.72. The Kier molecular flexibility index (Phi) is 12.0. The number of sulfonamides is 1. The highest BCUT2D eigenvalue weighted by atomic mass is 32.2. The molecule has 12 nitrogen and oxygen atoms in total. The molecule has 1 aromatic heterocycles. The number of fused-ring (bicyclic) bond motifs is 2. The van der Waals surface area contributed by atoms with Crippen LogP contribution in [0.5, 0.6) is 0 Å². The number of piperidine rings is 1. The van der Waals surface area contributed by atoms with Crippen LogP contribution in [-0.2, 0) is 30.7 Å². The number of hydrogen-bond acceptors (Lipinski definition) is 11. The zero-order valence-electron chi connectivity index (χ0n) is 30.2. The minimum atomic E-state index is -4.11. The number of amides is 1. The van der Waals surface area contributed by atoms with Crippen LogP contribution >= 0.6 is 11.3 Å². The Morgan fingerprint density at radius 2 is 1.81 bits per heavy atom. The molecule has 4 heterocycles. The number of nitrogens with zero attached hydrogens (tertiary/aromatic N) is 3. The highest BCUT2D eigenvalue weighted by Gasteiger charge is 2.44. The molecule has 1 amide bonds. The summed E-state index contributed by atoms with van der Waals surface area (Å²) in [5, 5.41) is 18.9. The van der Waals surface area contributed by atoms with Crippen molar-refractivity contribution in [2.75, 3.05) is 44.3 Å². The van der Waals surface area contributed by atoms with E-state index >= 15 is 0 Å². The van der Waals surface area contributed by atoms with E-state index in [4.69, 9.17) is 19.2 Å². The largest absolute Gasteiger partial charge is 0.443 e. The first-order valence-electron chi connectivity index (χ1n) is 19.0. The molecular formula is C38H53N5O7S2. The number of carbonyl (C=O) groups excluding carboxylic acids is 1. The van der Waals surface area contributed by atoms with E-state index < -0.39 is 34.4 Å². The van der Waals surface area contributed by atoms with Crippen molar-refractivity contribution in [1.82, 2.24) is 19.9 Å². The van der Waals surface area contributed by atoms with Crippen LogP contribution in [0.2, 0.25) is 0 Å². The molecular weight excluding hydrogens is 703 g/mol. The number of aliphatic hydroxyl groups excluding tert-OH is 1. The zero-order valence-corrected chi connectivity index (χ0v) is 31.8.